The summed E-state index contributed by atoms with van der Waals surface area (Å²) in [5.41, 5.74) is 0.804. The van der Waals surface area contributed by atoms with Gasteiger partial charge in [-0.05, 0) is 80.3 Å². The molecule has 2 atom stereocenters. The van der Waals surface area contributed by atoms with Gasteiger partial charge in [-0.3, -0.25) is 0 Å². The van der Waals surface area contributed by atoms with Crippen LogP contribution in [-0.4, -0.2) is 23.9 Å². The summed E-state index contributed by atoms with van der Waals surface area (Å²) in [6.07, 6.45) is -6.31. The van der Waals surface area contributed by atoms with Crippen LogP contribution in [0.2, 0.25) is 10.0 Å². The molecule has 0 radical (unpaired) electrons. The van der Waals surface area contributed by atoms with Crippen LogP contribution >= 0.6 is 23.2 Å². The van der Waals surface area contributed by atoms with E-state index in [0.29, 0.717) is 32.3 Å². The highest BCUT2D eigenvalue weighted by Gasteiger charge is 2.48. The molecule has 0 N–H and O–H groups in total. The maximum absolute atomic E-state index is 13.7. The molecule has 0 aromatic heterocycles. The van der Waals surface area contributed by atoms with E-state index in [1.54, 1.807) is 27.7 Å². The van der Waals surface area contributed by atoms with Gasteiger partial charge in [0.2, 0.25) is 0 Å². The zero-order valence-corrected chi connectivity index (χ0v) is 18.8. The predicted octanol–water partition coefficient (Wildman–Crippen LogP) is 7.34. The molecule has 0 spiro atoms. The van der Waals surface area contributed by atoms with Crippen LogP contribution in [0, 0.1) is 6.92 Å². The molecule has 1 aliphatic rings. The smallest absolute Gasteiger partial charge is 0.418 e. The van der Waals surface area contributed by atoms with Crippen molar-refractivity contribution >= 4 is 34.7 Å². The topological polar surface area (TPSA) is 35.5 Å². The minimum Gasteiger partial charge on any atom is -0.456 e. The molecular weight excluding hydrogens is 452 g/mol. The summed E-state index contributed by atoms with van der Waals surface area (Å²) in [6, 6.07) is 8.99. The van der Waals surface area contributed by atoms with E-state index < -0.39 is 30.0 Å². The van der Waals surface area contributed by atoms with Gasteiger partial charge in [-0.25, -0.2) is 4.79 Å². The van der Waals surface area contributed by atoms with Crippen LogP contribution in [0.5, 0.6) is 0 Å². The Morgan fingerprint density at radius 3 is 2.16 bits per heavy atom. The van der Waals surface area contributed by atoms with Crippen LogP contribution in [0.15, 0.2) is 42.5 Å². The molecular formula is C23H21Cl2F3O3. The highest BCUT2D eigenvalue weighted by atomic mass is 35.5. The van der Waals surface area contributed by atoms with Gasteiger partial charge in [-0.1, -0.05) is 35.3 Å². The molecule has 3 rings (SSSR count). The van der Waals surface area contributed by atoms with Crippen molar-refractivity contribution in [3.8, 4) is 0 Å². The Morgan fingerprint density at radius 1 is 1.03 bits per heavy atom. The Balaban J connectivity index is 1.99. The first-order valence-electron chi connectivity index (χ1n) is 9.49. The number of carbonyl (C=O) groups excluding carboxylic acids is 1. The van der Waals surface area contributed by atoms with E-state index in [1.807, 2.05) is 0 Å². The number of alkyl halides is 3. The van der Waals surface area contributed by atoms with Crippen molar-refractivity contribution in [1.82, 2.24) is 0 Å². The van der Waals surface area contributed by atoms with E-state index in [-0.39, 0.29) is 5.57 Å². The lowest BCUT2D eigenvalue weighted by atomic mass is 9.95. The largest absolute Gasteiger partial charge is 0.456 e. The second kappa shape index (κ2) is 8.49. The molecule has 0 amide bonds. The van der Waals surface area contributed by atoms with E-state index in [4.69, 9.17) is 32.7 Å². The van der Waals surface area contributed by atoms with E-state index in [9.17, 15) is 18.0 Å². The number of hydrogen-bond donors (Lipinski definition) is 0. The van der Waals surface area contributed by atoms with Gasteiger partial charge >= 0.3 is 12.1 Å². The van der Waals surface area contributed by atoms with Crippen molar-refractivity contribution in [3.63, 3.8) is 0 Å². The van der Waals surface area contributed by atoms with Crippen molar-refractivity contribution in [2.24, 2.45) is 0 Å². The van der Waals surface area contributed by atoms with Crippen LogP contribution in [0.1, 0.15) is 53.9 Å². The van der Waals surface area contributed by atoms with Gasteiger partial charge in [-0.15, -0.1) is 0 Å². The van der Waals surface area contributed by atoms with Gasteiger partial charge in [0.15, 0.2) is 6.10 Å². The highest BCUT2D eigenvalue weighted by molar-refractivity contribution is 6.34. The average molecular weight is 473 g/mol. The van der Waals surface area contributed by atoms with Gasteiger partial charge in [0, 0.05) is 10.0 Å². The lowest BCUT2D eigenvalue weighted by Gasteiger charge is -2.22. The highest BCUT2D eigenvalue weighted by Crippen LogP contribution is 2.44. The second-order valence-corrected chi connectivity index (χ2v) is 9.21. The molecule has 1 aliphatic heterocycles. The number of hydrogen-bond acceptors (Lipinski definition) is 3. The Kier molecular flexibility index (Phi) is 6.47. The number of halogens is 5. The molecule has 0 saturated heterocycles. The summed E-state index contributed by atoms with van der Waals surface area (Å²) in [5, 5.41) is 0.600. The molecule has 2 aromatic rings. The maximum atomic E-state index is 13.7. The van der Waals surface area contributed by atoms with Crippen molar-refractivity contribution in [3.05, 3.63) is 74.8 Å². The molecule has 0 bridgehead atoms. The summed E-state index contributed by atoms with van der Waals surface area (Å²) in [5.74, 6) is -0.535. The third kappa shape index (κ3) is 5.62. The summed E-state index contributed by atoms with van der Waals surface area (Å²) >= 11 is 12.0. The number of aryl methyl sites for hydroxylation is 1. The van der Waals surface area contributed by atoms with Crippen LogP contribution in [0.25, 0.3) is 5.57 Å². The summed E-state index contributed by atoms with van der Waals surface area (Å²) < 4.78 is 51.9. The molecule has 0 saturated carbocycles. The second-order valence-electron chi connectivity index (χ2n) is 8.33. The first kappa shape index (κ1) is 23.6. The van der Waals surface area contributed by atoms with Gasteiger partial charge in [0.25, 0.3) is 0 Å². The van der Waals surface area contributed by atoms with E-state index >= 15 is 0 Å². The predicted molar refractivity (Wildman–Crippen MR) is 114 cm³/mol. The van der Waals surface area contributed by atoms with Gasteiger partial charge in [-0.2, -0.15) is 13.2 Å². The zero-order chi connectivity index (χ0) is 23.1. The van der Waals surface area contributed by atoms with Crippen molar-refractivity contribution in [2.75, 3.05) is 0 Å². The Hall–Kier alpha value is -2.02. The number of benzene rings is 2. The Labute approximate surface area is 188 Å². The number of ether oxygens (including phenoxy) is 2. The SMILES string of the molecule is Cc1cc(C2=CC(c3cc(Cl)cc(Cl)c3)OC2C(F)(F)F)ccc1C(=O)OC(C)(C)C. The Bertz CT molecular complexity index is 1020. The average Bonchev–Trinajstić information content (AvgIpc) is 3.05. The first-order valence-corrected chi connectivity index (χ1v) is 10.2. The minimum atomic E-state index is -4.62. The molecule has 2 aromatic carbocycles. The minimum absolute atomic E-state index is 0.0348. The first-order chi connectivity index (χ1) is 14.2. The molecule has 8 heteroatoms. The third-order valence-electron chi connectivity index (χ3n) is 4.59. The van der Waals surface area contributed by atoms with E-state index in [1.165, 1.54) is 42.5 Å². The Morgan fingerprint density at radius 2 is 1.65 bits per heavy atom. The van der Waals surface area contributed by atoms with Crippen molar-refractivity contribution < 1.29 is 27.4 Å². The molecule has 31 heavy (non-hydrogen) atoms. The van der Waals surface area contributed by atoms with E-state index in [2.05, 4.69) is 0 Å². The van der Waals surface area contributed by atoms with Crippen molar-refractivity contribution in [1.29, 1.82) is 0 Å². The van der Waals surface area contributed by atoms with Crippen LogP contribution in [-0.2, 0) is 9.47 Å². The van der Waals surface area contributed by atoms with Crippen LogP contribution in [0.4, 0.5) is 13.2 Å². The molecule has 2 unspecified atom stereocenters. The molecule has 1 heterocycles. The number of esters is 1. The standard InChI is InChI=1S/C23H21Cl2F3O3/c1-12-7-13(5-6-17(12)21(29)31-22(2,3)4)18-11-19(30-20(18)23(26,27)28)14-8-15(24)10-16(25)9-14/h5-11,19-20H,1-4H3. The molecule has 0 fully saturated rings. The maximum Gasteiger partial charge on any atom is 0.418 e. The molecule has 3 nitrogen and oxygen atoms in total. The van der Waals surface area contributed by atoms with Gasteiger partial charge in [0.1, 0.15) is 11.7 Å². The lowest BCUT2D eigenvalue weighted by molar-refractivity contribution is -0.203. The molecule has 166 valence electrons. The third-order valence-corrected chi connectivity index (χ3v) is 5.02. The van der Waals surface area contributed by atoms with Crippen LogP contribution in [0.3, 0.4) is 0 Å². The van der Waals surface area contributed by atoms with Crippen LogP contribution < -0.4 is 0 Å². The fraction of sp³-hybridized carbons (Fsp3) is 0.348. The van der Waals surface area contributed by atoms with Gasteiger partial charge in [0.05, 0.1) is 5.56 Å². The number of carbonyl (C=O) groups is 1. The fourth-order valence-corrected chi connectivity index (χ4v) is 3.87. The fourth-order valence-electron chi connectivity index (χ4n) is 3.33. The number of rotatable bonds is 3. The van der Waals surface area contributed by atoms with Gasteiger partial charge < -0.3 is 9.47 Å². The summed E-state index contributed by atoms with van der Waals surface area (Å²) in [4.78, 5) is 12.4. The monoisotopic (exact) mass is 472 g/mol. The normalized spacial score (nSPS) is 19.3. The van der Waals surface area contributed by atoms with Crippen molar-refractivity contribution in [2.45, 2.75) is 51.7 Å². The molecule has 0 aliphatic carbocycles. The quantitative estimate of drug-likeness (QED) is 0.438. The zero-order valence-electron chi connectivity index (χ0n) is 17.3. The lowest BCUT2D eigenvalue weighted by Crippen LogP contribution is -2.30. The summed E-state index contributed by atoms with van der Waals surface area (Å²) in [7, 11) is 0. The summed E-state index contributed by atoms with van der Waals surface area (Å²) in [6.45, 7) is 6.87. The van der Waals surface area contributed by atoms with E-state index in [0.717, 1.165) is 0 Å².